The van der Waals surface area contributed by atoms with Crippen molar-refractivity contribution in [3.05, 3.63) is 12.3 Å². The summed E-state index contributed by atoms with van der Waals surface area (Å²) < 4.78 is 4.80. The molecule has 1 rings (SSSR count). The molecule has 1 aromatic heterocycles. The summed E-state index contributed by atoms with van der Waals surface area (Å²) in [5, 5.41) is 15.5. The van der Waals surface area contributed by atoms with E-state index in [2.05, 4.69) is 10.2 Å². The van der Waals surface area contributed by atoms with Crippen LogP contribution < -0.4 is 0 Å². The summed E-state index contributed by atoms with van der Waals surface area (Å²) in [5.74, 6) is 0.587. The first-order valence-corrected chi connectivity index (χ1v) is 2.79. The predicted octanol–water partition coefficient (Wildman–Crippen LogP) is -0.00550. The first kappa shape index (κ1) is 6.22. The van der Waals surface area contributed by atoms with Gasteiger partial charge in [0.05, 0.1) is 0 Å². The van der Waals surface area contributed by atoms with Gasteiger partial charge in [-0.15, -0.1) is 10.2 Å². The Labute approximate surface area is 52.5 Å². The van der Waals surface area contributed by atoms with Gasteiger partial charge in [-0.05, 0) is 6.42 Å². The molecule has 4 nitrogen and oxygen atoms in total. The van der Waals surface area contributed by atoms with E-state index in [1.165, 1.54) is 6.39 Å². The third-order valence-electron chi connectivity index (χ3n) is 0.954. The van der Waals surface area contributed by atoms with Crippen molar-refractivity contribution >= 4 is 0 Å². The average molecular weight is 128 g/mol. The maximum atomic E-state index is 8.38. The number of hydrogen-bond donors (Lipinski definition) is 1. The van der Waals surface area contributed by atoms with Crippen molar-refractivity contribution < 1.29 is 9.52 Å². The molecule has 0 saturated heterocycles. The van der Waals surface area contributed by atoms with Crippen LogP contribution in [0, 0.1) is 0 Å². The lowest BCUT2D eigenvalue weighted by Gasteiger charge is -1.86. The average Bonchev–Trinajstić information content (AvgIpc) is 2.34. The molecule has 0 saturated carbocycles. The fourth-order valence-corrected chi connectivity index (χ4v) is 0.535. The molecule has 0 unspecified atom stereocenters. The standard InChI is InChI=1S/C5H8N2O2/c8-3-1-2-5-7-6-4-9-5/h4,8H,1-3H2. The smallest absolute Gasteiger partial charge is 0.216 e. The number of aromatic nitrogens is 2. The van der Waals surface area contributed by atoms with Crippen LogP contribution in [0.15, 0.2) is 10.8 Å². The Balaban J connectivity index is 2.30. The van der Waals surface area contributed by atoms with Gasteiger partial charge in [0.15, 0.2) is 0 Å². The topological polar surface area (TPSA) is 59.2 Å². The van der Waals surface area contributed by atoms with Crippen molar-refractivity contribution in [2.45, 2.75) is 12.8 Å². The lowest BCUT2D eigenvalue weighted by Crippen LogP contribution is -1.88. The van der Waals surface area contributed by atoms with Gasteiger partial charge in [-0.1, -0.05) is 0 Å². The molecule has 0 bridgehead atoms. The van der Waals surface area contributed by atoms with Crippen molar-refractivity contribution in [3.8, 4) is 0 Å². The third kappa shape index (κ3) is 1.81. The highest BCUT2D eigenvalue weighted by Crippen LogP contribution is 1.94. The number of aryl methyl sites for hydroxylation is 1. The Hall–Kier alpha value is -0.900. The molecule has 1 aromatic rings. The second-order valence-corrected chi connectivity index (χ2v) is 1.66. The van der Waals surface area contributed by atoms with Gasteiger partial charge in [0.1, 0.15) is 0 Å². The fourth-order valence-electron chi connectivity index (χ4n) is 0.535. The highest BCUT2D eigenvalue weighted by Gasteiger charge is 1.95. The normalized spacial score (nSPS) is 9.89. The van der Waals surface area contributed by atoms with Gasteiger partial charge >= 0.3 is 0 Å². The summed E-state index contributed by atoms with van der Waals surface area (Å²) in [6.45, 7) is 0.169. The number of nitrogens with zero attached hydrogens (tertiary/aromatic N) is 2. The molecule has 1 heterocycles. The summed E-state index contributed by atoms with van der Waals surface area (Å²) in [6.07, 6.45) is 2.63. The van der Waals surface area contributed by atoms with E-state index in [1.807, 2.05) is 0 Å². The van der Waals surface area contributed by atoms with Gasteiger partial charge in [-0.3, -0.25) is 0 Å². The quantitative estimate of drug-likeness (QED) is 0.622. The third-order valence-corrected chi connectivity index (χ3v) is 0.954. The van der Waals surface area contributed by atoms with Gasteiger partial charge in [-0.25, -0.2) is 0 Å². The molecule has 0 spiro atoms. The number of rotatable bonds is 3. The maximum Gasteiger partial charge on any atom is 0.216 e. The van der Waals surface area contributed by atoms with Crippen LogP contribution in [0.4, 0.5) is 0 Å². The van der Waals surface area contributed by atoms with Crippen LogP contribution in [0.1, 0.15) is 12.3 Å². The Morgan fingerprint density at radius 1 is 1.67 bits per heavy atom. The molecule has 0 amide bonds. The molecule has 0 radical (unpaired) electrons. The highest BCUT2D eigenvalue weighted by atomic mass is 16.4. The first-order valence-electron chi connectivity index (χ1n) is 2.79. The van der Waals surface area contributed by atoms with Gasteiger partial charge in [0, 0.05) is 13.0 Å². The highest BCUT2D eigenvalue weighted by molar-refractivity contribution is 4.71. The lowest BCUT2D eigenvalue weighted by molar-refractivity contribution is 0.283. The number of aliphatic hydroxyl groups is 1. The largest absolute Gasteiger partial charge is 0.428 e. The van der Waals surface area contributed by atoms with Crippen molar-refractivity contribution in [3.63, 3.8) is 0 Å². The summed E-state index contributed by atoms with van der Waals surface area (Å²) in [4.78, 5) is 0. The van der Waals surface area contributed by atoms with Crippen LogP contribution in [-0.4, -0.2) is 21.9 Å². The van der Waals surface area contributed by atoms with Gasteiger partial charge in [-0.2, -0.15) is 0 Å². The van der Waals surface area contributed by atoms with Crippen LogP contribution in [0.5, 0.6) is 0 Å². The molecule has 0 aliphatic rings. The van der Waals surface area contributed by atoms with Crippen LogP contribution in [0.3, 0.4) is 0 Å². The van der Waals surface area contributed by atoms with E-state index in [1.54, 1.807) is 0 Å². The van der Waals surface area contributed by atoms with E-state index in [0.29, 0.717) is 18.7 Å². The fraction of sp³-hybridized carbons (Fsp3) is 0.600. The van der Waals surface area contributed by atoms with Gasteiger partial charge < -0.3 is 9.52 Å². The molecular weight excluding hydrogens is 120 g/mol. The van der Waals surface area contributed by atoms with Crippen molar-refractivity contribution in [1.82, 2.24) is 10.2 Å². The van der Waals surface area contributed by atoms with E-state index in [4.69, 9.17) is 9.52 Å². The molecule has 1 N–H and O–H groups in total. The number of hydrogen-bond acceptors (Lipinski definition) is 4. The predicted molar refractivity (Wildman–Crippen MR) is 29.7 cm³/mol. The van der Waals surface area contributed by atoms with E-state index < -0.39 is 0 Å². The zero-order valence-corrected chi connectivity index (χ0v) is 4.95. The Bertz CT molecular complexity index is 150. The van der Waals surface area contributed by atoms with Crippen molar-refractivity contribution in [1.29, 1.82) is 0 Å². The molecule has 0 aliphatic heterocycles. The molecule has 0 atom stereocenters. The van der Waals surface area contributed by atoms with Crippen molar-refractivity contribution in [2.75, 3.05) is 6.61 Å². The van der Waals surface area contributed by atoms with E-state index in [0.717, 1.165) is 0 Å². The summed E-state index contributed by atoms with van der Waals surface area (Å²) in [5.41, 5.74) is 0. The van der Waals surface area contributed by atoms with E-state index in [-0.39, 0.29) is 6.61 Å². The Morgan fingerprint density at radius 2 is 2.56 bits per heavy atom. The molecule has 50 valence electrons. The summed E-state index contributed by atoms with van der Waals surface area (Å²) >= 11 is 0. The van der Waals surface area contributed by atoms with Crippen LogP contribution in [-0.2, 0) is 6.42 Å². The molecule has 0 aliphatic carbocycles. The minimum Gasteiger partial charge on any atom is -0.428 e. The number of aliphatic hydroxyl groups excluding tert-OH is 1. The van der Waals surface area contributed by atoms with Gasteiger partial charge in [0.25, 0.3) is 0 Å². The first-order chi connectivity index (χ1) is 4.43. The summed E-state index contributed by atoms with van der Waals surface area (Å²) in [7, 11) is 0. The van der Waals surface area contributed by atoms with Crippen molar-refractivity contribution in [2.24, 2.45) is 0 Å². The van der Waals surface area contributed by atoms with Crippen LogP contribution >= 0.6 is 0 Å². The lowest BCUT2D eigenvalue weighted by atomic mass is 10.3. The second-order valence-electron chi connectivity index (χ2n) is 1.66. The van der Waals surface area contributed by atoms with E-state index >= 15 is 0 Å². The van der Waals surface area contributed by atoms with Gasteiger partial charge in [0.2, 0.25) is 12.3 Å². The molecule has 0 aromatic carbocycles. The second kappa shape index (κ2) is 3.19. The molecule has 9 heavy (non-hydrogen) atoms. The maximum absolute atomic E-state index is 8.38. The SMILES string of the molecule is OCCCc1nnco1. The summed E-state index contributed by atoms with van der Waals surface area (Å²) in [6, 6.07) is 0. The van der Waals surface area contributed by atoms with E-state index in [9.17, 15) is 0 Å². The van der Waals surface area contributed by atoms with Crippen LogP contribution in [0.2, 0.25) is 0 Å². The Kier molecular flexibility index (Phi) is 2.21. The Morgan fingerprint density at radius 3 is 3.11 bits per heavy atom. The molecule has 0 fully saturated rings. The minimum absolute atomic E-state index is 0.169. The minimum atomic E-state index is 0.169. The zero-order valence-electron chi connectivity index (χ0n) is 4.95. The molecular formula is C5H8N2O2. The van der Waals surface area contributed by atoms with Crippen LogP contribution in [0.25, 0.3) is 0 Å². The molecule has 4 heteroatoms. The monoisotopic (exact) mass is 128 g/mol. The zero-order chi connectivity index (χ0) is 6.53.